The van der Waals surface area contributed by atoms with Crippen LogP contribution in [0, 0.1) is 0 Å². The molecule has 328 valence electrons. The van der Waals surface area contributed by atoms with Crippen LogP contribution in [0.5, 0.6) is 0 Å². The Hall–Kier alpha value is -4.47. The largest absolute Gasteiger partial charge is 0.744 e. The van der Waals surface area contributed by atoms with E-state index in [0.717, 1.165) is 46.6 Å². The average molecular weight is 857 g/mol. The number of hydrogen-bond donors (Lipinski definition) is 1. The van der Waals surface area contributed by atoms with Crippen molar-refractivity contribution in [2.45, 2.75) is 68.6 Å². The lowest BCUT2D eigenvalue weighted by Gasteiger charge is -2.27. The minimum Gasteiger partial charge on any atom is -0.744 e. The highest BCUT2D eigenvalue weighted by Crippen LogP contribution is 2.52. The maximum absolute atomic E-state index is 12.4. The van der Waals surface area contributed by atoms with Gasteiger partial charge in [-0.2, -0.15) is 4.58 Å². The van der Waals surface area contributed by atoms with E-state index in [9.17, 15) is 22.9 Å². The topological polar surface area (TPSA) is 147 Å². The molecule has 0 aliphatic carbocycles. The predicted octanol–water partition coefficient (Wildman–Crippen LogP) is 7.87. The minimum atomic E-state index is -4.72. The lowest BCUT2D eigenvalue weighted by Crippen LogP contribution is -2.33. The highest BCUT2D eigenvalue weighted by Gasteiger charge is 2.49. The van der Waals surface area contributed by atoms with Crippen molar-refractivity contribution in [3.63, 3.8) is 0 Å². The van der Waals surface area contributed by atoms with Crippen LogP contribution in [-0.2, 0) is 49.4 Å². The molecule has 0 bridgehead atoms. The molecule has 6 rings (SSSR count). The van der Waals surface area contributed by atoms with E-state index in [-0.39, 0.29) is 11.3 Å². The lowest BCUT2D eigenvalue weighted by molar-refractivity contribution is -0.441. The summed E-state index contributed by atoms with van der Waals surface area (Å²) in [5.74, 6) is -0.809. The van der Waals surface area contributed by atoms with E-state index >= 15 is 0 Å². The molecule has 0 saturated carbocycles. The molecule has 4 aromatic carbocycles. The van der Waals surface area contributed by atoms with Gasteiger partial charge in [0, 0.05) is 68.3 Å². The zero-order chi connectivity index (χ0) is 43.6. The molecule has 2 heterocycles. The lowest BCUT2D eigenvalue weighted by atomic mass is 9.74. The number of aliphatic carboxylic acids is 1. The summed E-state index contributed by atoms with van der Waals surface area (Å²) < 4.78 is 67.6. The van der Waals surface area contributed by atoms with Crippen LogP contribution in [0.2, 0.25) is 0 Å². The molecule has 1 atom stereocenters. The Morgan fingerprint density at radius 3 is 2.16 bits per heavy atom. The van der Waals surface area contributed by atoms with Gasteiger partial charge < -0.3 is 38.2 Å². The number of nitrogens with zero attached hydrogens (tertiary/aromatic N) is 2. The fraction of sp³-hybridized carbons (Fsp3) is 0.458. The second-order valence-electron chi connectivity index (χ2n) is 16.3. The van der Waals surface area contributed by atoms with Crippen LogP contribution in [0.25, 0.3) is 21.5 Å². The molecule has 2 aliphatic rings. The Morgan fingerprint density at radius 1 is 0.770 bits per heavy atom. The van der Waals surface area contributed by atoms with Gasteiger partial charge in [0.1, 0.15) is 16.7 Å². The minimum absolute atomic E-state index is 0.114. The number of allylic oxidation sites excluding steroid dienone is 4. The normalized spacial score (nSPS) is 18.0. The smallest absolute Gasteiger partial charge is 0.303 e. The van der Waals surface area contributed by atoms with Crippen molar-refractivity contribution in [2.24, 2.45) is 0 Å². The van der Waals surface area contributed by atoms with Crippen molar-refractivity contribution in [3.05, 3.63) is 102 Å². The Kier molecular flexibility index (Phi) is 15.5. The second-order valence-corrected chi connectivity index (χ2v) is 17.6. The van der Waals surface area contributed by atoms with Gasteiger partial charge >= 0.3 is 5.97 Å². The van der Waals surface area contributed by atoms with Crippen LogP contribution in [-0.4, -0.2) is 114 Å². The van der Waals surface area contributed by atoms with Gasteiger partial charge in [0.2, 0.25) is 5.69 Å². The number of hydrogen-bond acceptors (Lipinski definition) is 10. The first-order valence-electron chi connectivity index (χ1n) is 21.1. The molecule has 0 aromatic heterocycles. The van der Waals surface area contributed by atoms with Crippen LogP contribution in [0.4, 0.5) is 11.4 Å². The molecule has 4 aromatic rings. The molecule has 61 heavy (non-hydrogen) atoms. The summed E-state index contributed by atoms with van der Waals surface area (Å²) in [5, 5.41) is 12.7. The number of carboxylic acid groups (broad SMARTS) is 1. The molecule has 13 heteroatoms. The summed E-state index contributed by atoms with van der Waals surface area (Å²) in [5.41, 5.74) is 5.36. The number of unbranched alkanes of at least 4 members (excludes halogenated alkanes) is 2. The first-order valence-corrected chi connectivity index (χ1v) is 22.5. The maximum Gasteiger partial charge on any atom is 0.303 e. The molecule has 12 nitrogen and oxygen atoms in total. The van der Waals surface area contributed by atoms with E-state index in [1.54, 1.807) is 26.4 Å². The summed E-state index contributed by atoms with van der Waals surface area (Å²) in [7, 11) is -1.36. The zero-order valence-electron chi connectivity index (χ0n) is 36.1. The molecule has 1 unspecified atom stereocenters. The van der Waals surface area contributed by atoms with Gasteiger partial charge in [-0.15, -0.1) is 0 Å². The van der Waals surface area contributed by atoms with Gasteiger partial charge in [0.25, 0.3) is 0 Å². The summed E-state index contributed by atoms with van der Waals surface area (Å²) in [6.45, 7) is 11.9. The number of carboxylic acids is 1. The third kappa shape index (κ3) is 10.3. The maximum atomic E-state index is 12.4. The van der Waals surface area contributed by atoms with E-state index in [2.05, 4.69) is 84.9 Å². The molecular formula is C48H60N2O10S. The fourth-order valence-corrected chi connectivity index (χ4v) is 9.73. The summed E-state index contributed by atoms with van der Waals surface area (Å²) >= 11 is 0. The van der Waals surface area contributed by atoms with Crippen LogP contribution in [0.1, 0.15) is 64.0 Å². The van der Waals surface area contributed by atoms with Crippen molar-refractivity contribution in [1.82, 2.24) is 0 Å². The number of fused-ring (bicyclic) bond motifs is 6. The average Bonchev–Trinajstić information content (AvgIpc) is 3.60. The highest BCUT2D eigenvalue weighted by molar-refractivity contribution is 7.86. The third-order valence-corrected chi connectivity index (χ3v) is 12.8. The number of anilines is 1. The van der Waals surface area contributed by atoms with Crippen LogP contribution < -0.4 is 4.90 Å². The summed E-state index contributed by atoms with van der Waals surface area (Å²) in [4.78, 5) is 13.3. The number of ether oxygens (including phenoxy) is 5. The van der Waals surface area contributed by atoms with Gasteiger partial charge in [-0.05, 0) is 77.6 Å². The zero-order valence-corrected chi connectivity index (χ0v) is 36.9. The number of carbonyl (C=O) groups is 1. The third-order valence-electron chi connectivity index (χ3n) is 11.9. The summed E-state index contributed by atoms with van der Waals surface area (Å²) in [6, 6.07) is 21.4. The van der Waals surface area contributed by atoms with Crippen LogP contribution in [0.15, 0.2) is 95.6 Å². The Balaban J connectivity index is 1.36. The summed E-state index contributed by atoms with van der Waals surface area (Å²) in [6.07, 6.45) is 9.36. The number of methoxy groups -OCH3 is 2. The van der Waals surface area contributed by atoms with Gasteiger partial charge in [-0.1, -0.05) is 68.8 Å². The van der Waals surface area contributed by atoms with E-state index < -0.39 is 26.9 Å². The van der Waals surface area contributed by atoms with Crippen molar-refractivity contribution < 1.29 is 51.1 Å². The fourth-order valence-electron chi connectivity index (χ4n) is 9.04. The Bertz CT molecular complexity index is 2390. The van der Waals surface area contributed by atoms with E-state index in [1.165, 1.54) is 17.0 Å². The van der Waals surface area contributed by atoms with Crippen LogP contribution in [0.3, 0.4) is 0 Å². The Labute approximate surface area is 360 Å². The monoisotopic (exact) mass is 856 g/mol. The van der Waals surface area contributed by atoms with Crippen molar-refractivity contribution in [3.8, 4) is 0 Å². The molecular weight excluding hydrogens is 797 g/mol. The highest BCUT2D eigenvalue weighted by atomic mass is 32.2. The number of rotatable bonds is 24. The molecule has 0 saturated heterocycles. The van der Waals surface area contributed by atoms with Gasteiger partial charge in [0.05, 0.1) is 50.0 Å². The predicted molar refractivity (Wildman–Crippen MR) is 238 cm³/mol. The SMILES string of the molecule is COCCOCCOCCOCCC1(C)C(/C=C/C=C2/N(CCCCCC(=O)O)c3ccc4c(S(=O)(=O)[O-])cccc4c3C2(C)C)=[N+](CCOC)c2ccc3ccccc3c21. The molecule has 2 aliphatic heterocycles. The van der Waals surface area contributed by atoms with Gasteiger partial charge in [-0.25, -0.2) is 8.42 Å². The van der Waals surface area contributed by atoms with Crippen molar-refractivity contribution in [2.75, 3.05) is 85.1 Å². The van der Waals surface area contributed by atoms with Gasteiger partial charge in [-0.3, -0.25) is 4.79 Å². The number of benzene rings is 4. The van der Waals surface area contributed by atoms with Crippen molar-refractivity contribution >= 4 is 54.7 Å². The quantitative estimate of drug-likeness (QED) is 0.0417. The molecule has 0 amide bonds. The van der Waals surface area contributed by atoms with E-state index in [0.29, 0.717) is 89.6 Å². The standard InChI is InChI=1S/C48H60N2O10S/c1-47(2)42(49(25-10-6-7-19-44(51)52)39-23-21-37-38(45(39)47)15-11-16-41(37)61(53,54)55)17-12-18-43-48(3,24-27-58-31-32-60-34-33-59-30-29-57-5)46-36-14-9-8-13-35(36)20-22-40(46)50(43)26-28-56-4/h8-9,11-18,20-23H,6-7,10,19,24-34H2,1-5H3,(H-,51,52,53,54,55). The molecule has 0 fully saturated rings. The molecule has 1 N–H and O–H groups in total. The first-order chi connectivity index (χ1) is 29.3. The Morgan fingerprint density at radius 2 is 1.46 bits per heavy atom. The van der Waals surface area contributed by atoms with E-state index in [4.69, 9.17) is 23.7 Å². The van der Waals surface area contributed by atoms with Crippen molar-refractivity contribution in [1.29, 1.82) is 0 Å². The first kappa shape index (κ1) is 46.0. The van der Waals surface area contributed by atoms with E-state index in [1.807, 2.05) is 12.1 Å². The van der Waals surface area contributed by atoms with Gasteiger partial charge in [0.15, 0.2) is 12.3 Å². The molecule has 0 radical (unpaired) electrons. The molecule has 0 spiro atoms. The second kappa shape index (κ2) is 20.6. The van der Waals surface area contributed by atoms with Crippen LogP contribution >= 0.6 is 0 Å².